The van der Waals surface area contributed by atoms with Crippen LogP contribution >= 0.6 is 0 Å². The maximum absolute atomic E-state index is 10.0. The van der Waals surface area contributed by atoms with E-state index in [0.29, 0.717) is 19.1 Å². The number of nitrogens with zero attached hydrogens (tertiary/aromatic N) is 1. The molecular formula is C16H21NO3. The van der Waals surface area contributed by atoms with Crippen LogP contribution < -0.4 is 4.74 Å². The zero-order chi connectivity index (χ0) is 14.5. The molecule has 1 aromatic heterocycles. The highest BCUT2D eigenvalue weighted by Crippen LogP contribution is 2.30. The molecule has 0 radical (unpaired) electrons. The van der Waals surface area contributed by atoms with Gasteiger partial charge in [0.1, 0.15) is 18.1 Å². The van der Waals surface area contributed by atoms with Crippen LogP contribution in [0.25, 0.3) is 10.9 Å². The number of fused-ring (bicyclic) bond motifs is 1. The van der Waals surface area contributed by atoms with Crippen molar-refractivity contribution in [3.8, 4) is 11.5 Å². The molecule has 0 amide bonds. The van der Waals surface area contributed by atoms with Crippen LogP contribution in [-0.2, 0) is 11.2 Å². The zero-order valence-electron chi connectivity index (χ0n) is 12.2. The third kappa shape index (κ3) is 3.39. The number of rotatable bonds is 6. The number of benzene rings is 1. The maximum Gasteiger partial charge on any atom is 0.137 e. The van der Waals surface area contributed by atoms with Gasteiger partial charge < -0.3 is 14.6 Å². The molecule has 0 unspecified atom stereocenters. The van der Waals surface area contributed by atoms with Crippen molar-refractivity contribution in [3.63, 3.8) is 0 Å². The maximum atomic E-state index is 10.0. The number of pyridine rings is 1. The quantitative estimate of drug-likeness (QED) is 0.823. The summed E-state index contributed by atoms with van der Waals surface area (Å²) in [5, 5.41) is 11.0. The summed E-state index contributed by atoms with van der Waals surface area (Å²) in [7, 11) is 1.65. The van der Waals surface area contributed by atoms with Gasteiger partial charge in [-0.2, -0.15) is 0 Å². The first-order valence-electron chi connectivity index (χ1n) is 6.84. The highest BCUT2D eigenvalue weighted by atomic mass is 16.5. The normalized spacial score (nSPS) is 11.2. The van der Waals surface area contributed by atoms with E-state index in [0.717, 1.165) is 28.6 Å². The van der Waals surface area contributed by atoms with E-state index in [1.807, 2.05) is 18.2 Å². The van der Waals surface area contributed by atoms with Crippen molar-refractivity contribution < 1.29 is 14.6 Å². The van der Waals surface area contributed by atoms with Gasteiger partial charge in [-0.1, -0.05) is 13.8 Å². The molecule has 0 bridgehead atoms. The van der Waals surface area contributed by atoms with Crippen LogP contribution in [0.2, 0.25) is 0 Å². The predicted molar refractivity (Wildman–Crippen MR) is 79.3 cm³/mol. The number of aromatic nitrogens is 1. The molecule has 1 N–H and O–H groups in total. The van der Waals surface area contributed by atoms with E-state index < -0.39 is 0 Å². The Morgan fingerprint density at radius 3 is 2.75 bits per heavy atom. The van der Waals surface area contributed by atoms with Gasteiger partial charge in [0.15, 0.2) is 0 Å². The summed E-state index contributed by atoms with van der Waals surface area (Å²) < 4.78 is 10.6. The molecule has 0 aliphatic carbocycles. The number of hydrogen-bond donors (Lipinski definition) is 1. The Morgan fingerprint density at radius 2 is 2.05 bits per heavy atom. The van der Waals surface area contributed by atoms with Gasteiger partial charge in [-0.3, -0.25) is 4.98 Å². The smallest absolute Gasteiger partial charge is 0.137 e. The van der Waals surface area contributed by atoms with E-state index in [4.69, 9.17) is 9.47 Å². The van der Waals surface area contributed by atoms with Crippen molar-refractivity contribution >= 4 is 10.9 Å². The number of aromatic hydroxyl groups is 1. The predicted octanol–water partition coefficient (Wildman–Crippen LogP) is 3.16. The lowest BCUT2D eigenvalue weighted by Crippen LogP contribution is -2.04. The summed E-state index contributed by atoms with van der Waals surface area (Å²) in [5.74, 6) is 1.48. The van der Waals surface area contributed by atoms with Crippen molar-refractivity contribution in [2.75, 3.05) is 20.3 Å². The highest BCUT2D eigenvalue weighted by molar-refractivity contribution is 5.85. The van der Waals surface area contributed by atoms with Crippen molar-refractivity contribution in [2.24, 2.45) is 5.92 Å². The van der Waals surface area contributed by atoms with Crippen LogP contribution in [0.15, 0.2) is 24.4 Å². The van der Waals surface area contributed by atoms with Gasteiger partial charge in [-0.25, -0.2) is 0 Å². The van der Waals surface area contributed by atoms with Crippen molar-refractivity contribution in [2.45, 2.75) is 20.3 Å². The molecule has 0 saturated heterocycles. The molecule has 0 saturated carbocycles. The van der Waals surface area contributed by atoms with Crippen LogP contribution in [0.5, 0.6) is 11.5 Å². The second-order valence-electron chi connectivity index (χ2n) is 5.24. The molecule has 108 valence electrons. The Kier molecular flexibility index (Phi) is 4.79. The molecule has 4 heteroatoms. The summed E-state index contributed by atoms with van der Waals surface area (Å²) in [6.45, 7) is 5.32. The molecule has 1 aromatic carbocycles. The van der Waals surface area contributed by atoms with Gasteiger partial charge in [0, 0.05) is 18.1 Å². The van der Waals surface area contributed by atoms with Crippen LogP contribution in [-0.4, -0.2) is 30.4 Å². The molecule has 2 rings (SSSR count). The molecule has 2 aromatic rings. The van der Waals surface area contributed by atoms with Gasteiger partial charge in [-0.05, 0) is 30.5 Å². The SMILES string of the molecule is COCCOc1ccc2ncc(O)c(CC(C)C)c2c1. The minimum Gasteiger partial charge on any atom is -0.506 e. The Hall–Kier alpha value is -1.81. The molecule has 0 aliphatic heterocycles. The largest absolute Gasteiger partial charge is 0.506 e. The molecule has 4 nitrogen and oxygen atoms in total. The number of hydrogen-bond acceptors (Lipinski definition) is 4. The highest BCUT2D eigenvalue weighted by Gasteiger charge is 2.11. The second-order valence-corrected chi connectivity index (χ2v) is 5.24. The number of ether oxygens (including phenoxy) is 2. The van der Waals surface area contributed by atoms with Crippen LogP contribution in [0, 0.1) is 5.92 Å². The lowest BCUT2D eigenvalue weighted by atomic mass is 9.98. The summed E-state index contributed by atoms with van der Waals surface area (Å²) in [5.41, 5.74) is 1.81. The average Bonchev–Trinajstić information content (AvgIpc) is 2.42. The van der Waals surface area contributed by atoms with Gasteiger partial charge in [0.25, 0.3) is 0 Å². The lowest BCUT2D eigenvalue weighted by molar-refractivity contribution is 0.146. The van der Waals surface area contributed by atoms with Crippen LogP contribution in [0.3, 0.4) is 0 Å². The fourth-order valence-corrected chi connectivity index (χ4v) is 2.17. The summed E-state index contributed by atoms with van der Waals surface area (Å²) in [4.78, 5) is 4.26. The van der Waals surface area contributed by atoms with Gasteiger partial charge in [0.2, 0.25) is 0 Å². The first kappa shape index (κ1) is 14.6. The summed E-state index contributed by atoms with van der Waals surface area (Å²) in [6, 6.07) is 5.75. The number of methoxy groups -OCH3 is 1. The van der Waals surface area contributed by atoms with E-state index in [-0.39, 0.29) is 5.75 Å². The minimum atomic E-state index is 0.250. The molecule has 0 atom stereocenters. The lowest BCUT2D eigenvalue weighted by Gasteiger charge is -2.12. The van der Waals surface area contributed by atoms with Crippen molar-refractivity contribution in [1.82, 2.24) is 4.98 Å². The second kappa shape index (κ2) is 6.57. The van der Waals surface area contributed by atoms with E-state index in [1.165, 1.54) is 6.20 Å². The Morgan fingerprint density at radius 1 is 1.25 bits per heavy atom. The first-order chi connectivity index (χ1) is 9.61. The van der Waals surface area contributed by atoms with Gasteiger partial charge in [-0.15, -0.1) is 0 Å². The third-order valence-corrected chi connectivity index (χ3v) is 3.10. The van der Waals surface area contributed by atoms with E-state index >= 15 is 0 Å². The third-order valence-electron chi connectivity index (χ3n) is 3.10. The Balaban J connectivity index is 2.37. The summed E-state index contributed by atoms with van der Waals surface area (Å²) in [6.07, 6.45) is 2.33. The minimum absolute atomic E-state index is 0.250. The van der Waals surface area contributed by atoms with Crippen molar-refractivity contribution in [1.29, 1.82) is 0 Å². The zero-order valence-corrected chi connectivity index (χ0v) is 12.2. The molecule has 1 heterocycles. The van der Waals surface area contributed by atoms with Crippen molar-refractivity contribution in [3.05, 3.63) is 30.0 Å². The first-order valence-corrected chi connectivity index (χ1v) is 6.84. The topological polar surface area (TPSA) is 51.6 Å². The van der Waals surface area contributed by atoms with Gasteiger partial charge >= 0.3 is 0 Å². The standard InChI is InChI=1S/C16H21NO3/c1-11(2)8-14-13-9-12(20-7-6-19-3)4-5-15(13)17-10-16(14)18/h4-5,9-11,18H,6-8H2,1-3H3. The Bertz CT molecular complexity index is 581. The monoisotopic (exact) mass is 275 g/mol. The molecule has 20 heavy (non-hydrogen) atoms. The van der Waals surface area contributed by atoms with E-state index in [2.05, 4.69) is 18.8 Å². The fraction of sp³-hybridized carbons (Fsp3) is 0.438. The molecule has 0 spiro atoms. The average molecular weight is 275 g/mol. The molecular weight excluding hydrogens is 254 g/mol. The van der Waals surface area contributed by atoms with E-state index in [1.54, 1.807) is 7.11 Å². The fourth-order valence-electron chi connectivity index (χ4n) is 2.17. The van der Waals surface area contributed by atoms with E-state index in [9.17, 15) is 5.11 Å². The van der Waals surface area contributed by atoms with Crippen LogP contribution in [0.1, 0.15) is 19.4 Å². The molecule has 0 aliphatic rings. The van der Waals surface area contributed by atoms with Gasteiger partial charge in [0.05, 0.1) is 18.3 Å². The van der Waals surface area contributed by atoms with Crippen LogP contribution in [0.4, 0.5) is 0 Å². The Labute approximate surface area is 119 Å². The molecule has 0 fully saturated rings. The summed E-state index contributed by atoms with van der Waals surface area (Å²) >= 11 is 0.